The molecule has 0 aromatic carbocycles. The normalized spacial score (nSPS) is 31.3. The Morgan fingerprint density at radius 3 is 2.67 bits per heavy atom. The summed E-state index contributed by atoms with van der Waals surface area (Å²) in [7, 11) is 0. The quantitative estimate of drug-likeness (QED) is 0.866. The van der Waals surface area contributed by atoms with Crippen molar-refractivity contribution < 1.29 is 9.32 Å². The maximum absolute atomic E-state index is 12.4. The fourth-order valence-electron chi connectivity index (χ4n) is 4.74. The number of piperidine rings is 1. The van der Waals surface area contributed by atoms with Crippen LogP contribution in [0.3, 0.4) is 0 Å². The van der Waals surface area contributed by atoms with Gasteiger partial charge in [-0.25, -0.2) is 0 Å². The topological polar surface area (TPSA) is 80.0 Å². The number of carbonyl (C=O) groups excluding carboxylic acids is 1. The van der Waals surface area contributed by atoms with E-state index in [4.69, 9.17) is 4.52 Å². The summed E-state index contributed by atoms with van der Waals surface area (Å²) in [6.45, 7) is 1.93. The van der Waals surface area contributed by atoms with Gasteiger partial charge in [0, 0.05) is 24.4 Å². The van der Waals surface area contributed by atoms with Crippen molar-refractivity contribution in [1.29, 1.82) is 0 Å². The Morgan fingerprint density at radius 1 is 1.25 bits per heavy atom. The lowest BCUT2D eigenvalue weighted by Gasteiger charge is -2.28. The minimum Gasteiger partial charge on any atom is -0.345 e. The molecule has 3 atom stereocenters. The highest BCUT2D eigenvalue weighted by Crippen LogP contribution is 2.34. The van der Waals surface area contributed by atoms with Crippen molar-refractivity contribution in [3.8, 4) is 0 Å². The highest BCUT2D eigenvalue weighted by Gasteiger charge is 2.34. The minimum atomic E-state index is -0.210. The van der Waals surface area contributed by atoms with Gasteiger partial charge in [-0.3, -0.25) is 4.79 Å². The van der Waals surface area contributed by atoms with Gasteiger partial charge in [0.1, 0.15) is 6.04 Å². The maximum atomic E-state index is 12.4. The van der Waals surface area contributed by atoms with Crippen molar-refractivity contribution >= 4 is 5.91 Å². The first-order valence-corrected chi connectivity index (χ1v) is 9.56. The monoisotopic (exact) mass is 332 g/mol. The molecule has 1 aromatic rings. The van der Waals surface area contributed by atoms with Crippen molar-refractivity contribution in [2.24, 2.45) is 5.92 Å². The zero-order chi connectivity index (χ0) is 16.5. The summed E-state index contributed by atoms with van der Waals surface area (Å²) >= 11 is 0. The first kappa shape index (κ1) is 16.1. The second-order valence-electron chi connectivity index (χ2n) is 7.94. The summed E-state index contributed by atoms with van der Waals surface area (Å²) in [5.41, 5.74) is 0. The number of hydrogen-bond acceptors (Lipinski definition) is 5. The van der Waals surface area contributed by atoms with Gasteiger partial charge < -0.3 is 15.2 Å². The third-order valence-corrected chi connectivity index (χ3v) is 5.97. The van der Waals surface area contributed by atoms with Crippen LogP contribution in [-0.2, 0) is 4.79 Å². The fourth-order valence-corrected chi connectivity index (χ4v) is 4.74. The minimum absolute atomic E-state index is 0.106. The second kappa shape index (κ2) is 6.82. The second-order valence-corrected chi connectivity index (χ2v) is 7.94. The lowest BCUT2D eigenvalue weighted by Crippen LogP contribution is -2.40. The predicted molar refractivity (Wildman–Crippen MR) is 89.4 cm³/mol. The largest absolute Gasteiger partial charge is 0.345 e. The molecule has 132 valence electrons. The van der Waals surface area contributed by atoms with Crippen LogP contribution in [0.1, 0.15) is 88.4 Å². The van der Waals surface area contributed by atoms with E-state index in [9.17, 15) is 4.79 Å². The molecule has 3 aliphatic rings. The van der Waals surface area contributed by atoms with Crippen molar-refractivity contribution in [2.75, 3.05) is 0 Å². The average Bonchev–Trinajstić information content (AvgIpc) is 3.27. The first-order chi connectivity index (χ1) is 11.7. The van der Waals surface area contributed by atoms with Gasteiger partial charge in [-0.2, -0.15) is 4.98 Å². The number of fused-ring (bicyclic) bond motifs is 2. The van der Waals surface area contributed by atoms with E-state index in [1.807, 2.05) is 6.92 Å². The van der Waals surface area contributed by atoms with E-state index < -0.39 is 0 Å². The van der Waals surface area contributed by atoms with E-state index >= 15 is 0 Å². The number of carbonyl (C=O) groups is 1. The molecule has 0 spiro atoms. The molecule has 3 heterocycles. The molecule has 2 N–H and O–H groups in total. The van der Waals surface area contributed by atoms with Crippen LogP contribution in [0.4, 0.5) is 0 Å². The van der Waals surface area contributed by atoms with Crippen LogP contribution in [0.2, 0.25) is 0 Å². The van der Waals surface area contributed by atoms with Crippen molar-refractivity contribution in [1.82, 2.24) is 20.8 Å². The third-order valence-electron chi connectivity index (χ3n) is 5.97. The molecular formula is C18H28N4O2. The molecule has 1 aliphatic carbocycles. The Labute approximate surface area is 143 Å². The summed E-state index contributed by atoms with van der Waals surface area (Å²) in [5.74, 6) is 2.41. The first-order valence-electron chi connectivity index (χ1n) is 9.56. The number of amides is 1. The predicted octanol–water partition coefficient (Wildman–Crippen LogP) is 2.83. The lowest BCUT2D eigenvalue weighted by molar-refractivity contribution is -0.123. The van der Waals surface area contributed by atoms with E-state index in [2.05, 4.69) is 20.8 Å². The van der Waals surface area contributed by atoms with Crippen molar-refractivity contribution in [3.63, 3.8) is 0 Å². The van der Waals surface area contributed by atoms with Gasteiger partial charge >= 0.3 is 0 Å². The van der Waals surface area contributed by atoms with Crippen LogP contribution in [0.15, 0.2) is 4.52 Å². The molecular weight excluding hydrogens is 304 g/mol. The van der Waals surface area contributed by atoms with E-state index in [1.165, 1.54) is 25.7 Å². The van der Waals surface area contributed by atoms with Gasteiger partial charge in [-0.15, -0.1) is 0 Å². The van der Waals surface area contributed by atoms with Crippen LogP contribution < -0.4 is 10.6 Å². The van der Waals surface area contributed by atoms with E-state index in [0.29, 0.717) is 36.2 Å². The Bertz CT molecular complexity index is 569. The molecule has 6 nitrogen and oxygen atoms in total. The van der Waals surface area contributed by atoms with Gasteiger partial charge in [-0.05, 0) is 51.4 Å². The van der Waals surface area contributed by atoms with E-state index in [0.717, 1.165) is 31.5 Å². The highest BCUT2D eigenvalue weighted by molar-refractivity contribution is 5.76. The zero-order valence-electron chi connectivity index (χ0n) is 14.5. The lowest BCUT2D eigenvalue weighted by atomic mass is 9.89. The number of aromatic nitrogens is 2. The van der Waals surface area contributed by atoms with Gasteiger partial charge in [0.05, 0.1) is 0 Å². The van der Waals surface area contributed by atoms with Crippen LogP contribution >= 0.6 is 0 Å². The summed E-state index contributed by atoms with van der Waals surface area (Å²) in [6.07, 6.45) is 10.2. The third kappa shape index (κ3) is 3.48. The Morgan fingerprint density at radius 2 is 1.96 bits per heavy atom. The number of nitrogens with one attached hydrogen (secondary N) is 2. The fraction of sp³-hybridized carbons (Fsp3) is 0.833. The Hall–Kier alpha value is -1.43. The zero-order valence-corrected chi connectivity index (χ0v) is 14.5. The van der Waals surface area contributed by atoms with E-state index in [-0.39, 0.29) is 11.9 Å². The van der Waals surface area contributed by atoms with Crippen LogP contribution in [0, 0.1) is 5.92 Å². The molecule has 6 heteroatoms. The summed E-state index contributed by atoms with van der Waals surface area (Å²) in [5, 5.41) is 10.8. The summed E-state index contributed by atoms with van der Waals surface area (Å²) < 4.78 is 5.39. The Balaban J connectivity index is 1.29. The molecule has 3 fully saturated rings. The molecule has 1 aromatic heterocycles. The summed E-state index contributed by atoms with van der Waals surface area (Å²) in [4.78, 5) is 16.9. The maximum Gasteiger partial charge on any atom is 0.248 e. The average molecular weight is 332 g/mol. The molecule has 4 rings (SSSR count). The number of rotatable bonds is 5. The van der Waals surface area contributed by atoms with Crippen LogP contribution in [0.25, 0.3) is 0 Å². The molecule has 1 saturated carbocycles. The summed E-state index contributed by atoms with van der Waals surface area (Å²) in [6, 6.07) is 1.05. The molecule has 24 heavy (non-hydrogen) atoms. The number of hydrogen-bond donors (Lipinski definition) is 2. The van der Waals surface area contributed by atoms with Crippen molar-refractivity contribution in [3.05, 3.63) is 11.7 Å². The molecule has 1 amide bonds. The standard InChI is InChI=1S/C18H28N4O2/c1-11(18-21-17(22-24-18)13-4-2-3-5-13)19-16(23)10-12-8-14-6-7-15(9-12)20-14/h11-15,20H,2-10H2,1H3,(H,19,23). The van der Waals surface area contributed by atoms with Gasteiger partial charge in [0.15, 0.2) is 5.82 Å². The smallest absolute Gasteiger partial charge is 0.248 e. The van der Waals surface area contributed by atoms with Crippen LogP contribution in [-0.4, -0.2) is 28.1 Å². The van der Waals surface area contributed by atoms with Crippen molar-refractivity contribution in [2.45, 2.75) is 88.8 Å². The molecule has 2 bridgehead atoms. The number of nitrogens with zero attached hydrogens (tertiary/aromatic N) is 2. The SMILES string of the molecule is CC(NC(=O)CC1CC2CCC(C1)N2)c1nc(C2CCCC2)no1. The molecule has 2 saturated heterocycles. The van der Waals surface area contributed by atoms with Gasteiger partial charge in [0.2, 0.25) is 11.8 Å². The van der Waals surface area contributed by atoms with E-state index in [1.54, 1.807) is 0 Å². The molecule has 2 aliphatic heterocycles. The van der Waals surface area contributed by atoms with Gasteiger partial charge in [-0.1, -0.05) is 18.0 Å². The highest BCUT2D eigenvalue weighted by atomic mass is 16.5. The Kier molecular flexibility index (Phi) is 4.57. The van der Waals surface area contributed by atoms with Crippen LogP contribution in [0.5, 0.6) is 0 Å². The molecule has 0 radical (unpaired) electrons. The van der Waals surface area contributed by atoms with Gasteiger partial charge in [0.25, 0.3) is 0 Å². The molecule has 3 unspecified atom stereocenters.